The largest absolute Gasteiger partial charge is 0.487 e. The quantitative estimate of drug-likeness (QED) is 0.132. The molecular formula is C23H12Br2ClFN2O5. The van der Waals surface area contributed by atoms with Crippen LogP contribution in [0.2, 0.25) is 5.02 Å². The molecule has 0 saturated heterocycles. The maximum Gasteiger partial charge on any atom is 0.363 e. The number of rotatable bonds is 6. The number of cyclic esters (lactones) is 1. The maximum atomic E-state index is 13.1. The summed E-state index contributed by atoms with van der Waals surface area (Å²) < 4.78 is 25.3. The number of ether oxygens (including phenoxy) is 2. The number of esters is 1. The summed E-state index contributed by atoms with van der Waals surface area (Å²) >= 11 is 12.7. The Hall–Kier alpha value is -3.08. The average molecular weight is 611 g/mol. The molecule has 0 N–H and O–H groups in total. The van der Waals surface area contributed by atoms with Gasteiger partial charge in [-0.3, -0.25) is 10.1 Å². The summed E-state index contributed by atoms with van der Waals surface area (Å²) in [5, 5.41) is 11.1. The monoisotopic (exact) mass is 608 g/mol. The molecule has 1 heterocycles. The van der Waals surface area contributed by atoms with Gasteiger partial charge >= 0.3 is 5.97 Å². The number of hydrogen-bond acceptors (Lipinski definition) is 6. The van der Waals surface area contributed by atoms with Crippen LogP contribution >= 0.6 is 43.5 Å². The Labute approximate surface area is 214 Å². The zero-order valence-electron chi connectivity index (χ0n) is 16.9. The number of carbonyl (C=O) groups is 1. The van der Waals surface area contributed by atoms with Crippen LogP contribution in [0.5, 0.6) is 5.75 Å². The van der Waals surface area contributed by atoms with Gasteiger partial charge in [-0.1, -0.05) is 23.7 Å². The van der Waals surface area contributed by atoms with E-state index in [9.17, 15) is 19.3 Å². The van der Waals surface area contributed by atoms with Crippen LogP contribution in [-0.2, 0) is 16.1 Å². The Bertz CT molecular complexity index is 1350. The summed E-state index contributed by atoms with van der Waals surface area (Å²) in [5.41, 5.74) is 1.36. The summed E-state index contributed by atoms with van der Waals surface area (Å²) in [6, 6.07) is 13.4. The highest BCUT2D eigenvalue weighted by Gasteiger charge is 2.26. The van der Waals surface area contributed by atoms with Gasteiger partial charge in [0.05, 0.1) is 13.9 Å². The molecule has 0 bridgehead atoms. The topological polar surface area (TPSA) is 91.0 Å². The molecule has 34 heavy (non-hydrogen) atoms. The van der Waals surface area contributed by atoms with Gasteiger partial charge in [-0.2, -0.15) is 0 Å². The lowest BCUT2D eigenvalue weighted by Gasteiger charge is -2.11. The molecule has 0 spiro atoms. The molecule has 1 aliphatic heterocycles. The lowest BCUT2D eigenvalue weighted by Crippen LogP contribution is -2.06. The van der Waals surface area contributed by atoms with Gasteiger partial charge in [0, 0.05) is 11.6 Å². The molecule has 1 aliphatic rings. The predicted molar refractivity (Wildman–Crippen MR) is 131 cm³/mol. The second-order valence-corrected chi connectivity index (χ2v) is 9.10. The molecule has 0 unspecified atom stereocenters. The minimum atomic E-state index is -0.698. The molecule has 11 heteroatoms. The molecule has 0 aromatic heterocycles. The van der Waals surface area contributed by atoms with E-state index in [1.807, 2.05) is 0 Å². The van der Waals surface area contributed by atoms with Gasteiger partial charge in [0.2, 0.25) is 5.90 Å². The van der Waals surface area contributed by atoms with E-state index in [0.717, 1.165) is 5.56 Å². The van der Waals surface area contributed by atoms with Crippen molar-refractivity contribution < 1.29 is 23.6 Å². The van der Waals surface area contributed by atoms with Crippen LogP contribution < -0.4 is 4.74 Å². The molecule has 4 rings (SSSR count). The first-order valence-electron chi connectivity index (χ1n) is 9.54. The van der Waals surface area contributed by atoms with Crippen LogP contribution in [0.15, 0.2) is 74.2 Å². The average Bonchev–Trinajstić information content (AvgIpc) is 3.14. The Balaban J connectivity index is 1.57. The fourth-order valence-electron chi connectivity index (χ4n) is 3.01. The minimum Gasteiger partial charge on any atom is -0.487 e. The van der Waals surface area contributed by atoms with Crippen molar-refractivity contribution in [1.82, 2.24) is 0 Å². The Morgan fingerprint density at radius 3 is 2.44 bits per heavy atom. The summed E-state index contributed by atoms with van der Waals surface area (Å²) in [7, 11) is 0. The van der Waals surface area contributed by atoms with Gasteiger partial charge in [0.1, 0.15) is 23.2 Å². The van der Waals surface area contributed by atoms with Gasteiger partial charge in [0.15, 0.2) is 5.70 Å². The molecule has 172 valence electrons. The lowest BCUT2D eigenvalue weighted by atomic mass is 10.2. The number of hydrogen-bond donors (Lipinski definition) is 0. The highest BCUT2D eigenvalue weighted by Crippen LogP contribution is 2.36. The number of halogens is 4. The van der Waals surface area contributed by atoms with Crippen LogP contribution in [0.3, 0.4) is 0 Å². The highest BCUT2D eigenvalue weighted by atomic mass is 79.9. The standard InChI is InChI=1S/C23H12Br2ClFN2O5/c24-16-7-13(8-17(25)21(16)33-11-12-1-4-15(27)5-2-12)9-19-23(30)34-22(28-19)14-3-6-18(26)20(10-14)29(31)32/h1-10H,11H2/b19-9-. The van der Waals surface area contributed by atoms with E-state index in [0.29, 0.717) is 20.3 Å². The van der Waals surface area contributed by atoms with Crippen LogP contribution in [0.1, 0.15) is 16.7 Å². The van der Waals surface area contributed by atoms with E-state index >= 15 is 0 Å². The van der Waals surface area contributed by atoms with E-state index in [2.05, 4.69) is 36.9 Å². The normalized spacial score (nSPS) is 14.2. The number of carbonyl (C=O) groups excluding carboxylic acids is 1. The van der Waals surface area contributed by atoms with Crippen molar-refractivity contribution in [3.63, 3.8) is 0 Å². The number of benzene rings is 3. The van der Waals surface area contributed by atoms with Gasteiger partial charge in [-0.05, 0) is 85.5 Å². The first kappa shape index (κ1) is 24.1. The predicted octanol–water partition coefficient (Wildman–Crippen LogP) is 6.84. The molecule has 7 nitrogen and oxygen atoms in total. The fraction of sp³-hybridized carbons (Fsp3) is 0.0435. The smallest absolute Gasteiger partial charge is 0.363 e. The molecular weight excluding hydrogens is 599 g/mol. The summed E-state index contributed by atoms with van der Waals surface area (Å²) in [5.74, 6) is -0.558. The Morgan fingerprint density at radius 2 is 1.79 bits per heavy atom. The van der Waals surface area contributed by atoms with Crippen LogP contribution in [0, 0.1) is 15.9 Å². The lowest BCUT2D eigenvalue weighted by molar-refractivity contribution is -0.384. The summed E-state index contributed by atoms with van der Waals surface area (Å²) in [6.45, 7) is 0.227. The van der Waals surface area contributed by atoms with Crippen molar-refractivity contribution in [2.75, 3.05) is 0 Å². The zero-order chi connectivity index (χ0) is 24.4. The molecule has 0 amide bonds. The third-order valence-corrected chi connectivity index (χ3v) is 6.13. The van der Waals surface area contributed by atoms with Gasteiger partial charge in [0.25, 0.3) is 5.69 Å². The molecule has 3 aromatic carbocycles. The highest BCUT2D eigenvalue weighted by molar-refractivity contribution is 9.11. The Morgan fingerprint density at radius 1 is 1.12 bits per heavy atom. The van der Waals surface area contributed by atoms with Crippen molar-refractivity contribution >= 4 is 67.1 Å². The van der Waals surface area contributed by atoms with E-state index in [1.54, 1.807) is 24.3 Å². The first-order valence-corrected chi connectivity index (χ1v) is 11.5. The summed E-state index contributed by atoms with van der Waals surface area (Å²) in [6.07, 6.45) is 1.51. The Kier molecular flexibility index (Phi) is 7.11. The third-order valence-electron chi connectivity index (χ3n) is 4.63. The van der Waals surface area contributed by atoms with E-state index < -0.39 is 10.9 Å². The van der Waals surface area contributed by atoms with Crippen molar-refractivity contribution in [2.45, 2.75) is 6.61 Å². The molecule has 0 fully saturated rings. The number of nitro benzene ring substituents is 1. The minimum absolute atomic E-state index is 0.0198. The first-order chi connectivity index (χ1) is 16.2. The van der Waals surface area contributed by atoms with Crippen LogP contribution in [-0.4, -0.2) is 16.8 Å². The van der Waals surface area contributed by atoms with Crippen LogP contribution in [0.4, 0.5) is 10.1 Å². The van der Waals surface area contributed by atoms with Gasteiger partial charge < -0.3 is 9.47 Å². The SMILES string of the molecule is O=C1OC(c2ccc(Cl)c([N+](=O)[O-])c2)=N/C1=C\c1cc(Br)c(OCc2ccc(F)cc2)c(Br)c1. The zero-order valence-corrected chi connectivity index (χ0v) is 20.9. The molecule has 0 aliphatic carbocycles. The second-order valence-electron chi connectivity index (χ2n) is 6.99. The fourth-order valence-corrected chi connectivity index (χ4v) is 4.65. The molecule has 3 aromatic rings. The van der Waals surface area contributed by atoms with Gasteiger partial charge in [-0.25, -0.2) is 14.2 Å². The summed E-state index contributed by atoms with van der Waals surface area (Å²) in [4.78, 5) is 27.0. The van der Waals surface area contributed by atoms with E-state index in [-0.39, 0.29) is 40.3 Å². The van der Waals surface area contributed by atoms with E-state index in [4.69, 9.17) is 21.1 Å². The van der Waals surface area contributed by atoms with Crippen LogP contribution in [0.25, 0.3) is 6.08 Å². The second kappa shape index (κ2) is 10.0. The maximum absolute atomic E-state index is 13.1. The third kappa shape index (κ3) is 5.35. The number of aliphatic imine (C=N–C) groups is 1. The molecule has 0 radical (unpaired) electrons. The molecule has 0 atom stereocenters. The number of nitro groups is 1. The van der Waals surface area contributed by atoms with Crippen molar-refractivity contribution in [1.29, 1.82) is 0 Å². The van der Waals surface area contributed by atoms with Gasteiger partial charge in [-0.15, -0.1) is 0 Å². The van der Waals surface area contributed by atoms with Crippen molar-refractivity contribution in [2.24, 2.45) is 4.99 Å². The van der Waals surface area contributed by atoms with E-state index in [1.165, 1.54) is 36.4 Å². The van der Waals surface area contributed by atoms with Crippen molar-refractivity contribution in [3.05, 3.63) is 107 Å². The molecule has 0 saturated carbocycles. The van der Waals surface area contributed by atoms with Crippen molar-refractivity contribution in [3.8, 4) is 5.75 Å². The number of nitrogens with zero attached hydrogens (tertiary/aromatic N) is 2.